The maximum Gasteiger partial charge on any atom is 0.319 e. The predicted octanol–water partition coefficient (Wildman–Crippen LogP) is 1.50. The van der Waals surface area contributed by atoms with E-state index in [1.54, 1.807) is 12.1 Å². The molecule has 2 rings (SSSR count). The summed E-state index contributed by atoms with van der Waals surface area (Å²) in [6, 6.07) is 8.65. The average Bonchev–Trinajstić information content (AvgIpc) is 2.71. The van der Waals surface area contributed by atoms with Crippen LogP contribution in [0.1, 0.15) is 0 Å². The number of urea groups is 1. The van der Waals surface area contributed by atoms with Crippen molar-refractivity contribution in [2.75, 3.05) is 24.2 Å². The molecule has 0 unspecified atom stereocenters. The van der Waals surface area contributed by atoms with Gasteiger partial charge < -0.3 is 10.6 Å². The second kappa shape index (κ2) is 6.24. The van der Waals surface area contributed by atoms with Gasteiger partial charge in [-0.3, -0.25) is 14.5 Å². The van der Waals surface area contributed by atoms with Crippen molar-refractivity contribution < 1.29 is 14.4 Å². The molecular formula is C12H13N3O3S. The molecule has 0 aromatic heterocycles. The Labute approximate surface area is 114 Å². The van der Waals surface area contributed by atoms with Gasteiger partial charge in [0.15, 0.2) is 0 Å². The Hall–Kier alpha value is -2.02. The Morgan fingerprint density at radius 1 is 1.26 bits per heavy atom. The predicted molar refractivity (Wildman–Crippen MR) is 73.0 cm³/mol. The van der Waals surface area contributed by atoms with Crippen LogP contribution in [0.15, 0.2) is 30.3 Å². The molecule has 7 heteroatoms. The molecule has 1 fully saturated rings. The zero-order valence-electron chi connectivity index (χ0n) is 10.1. The minimum Gasteiger partial charge on any atom is -0.336 e. The summed E-state index contributed by atoms with van der Waals surface area (Å²) in [6.07, 6.45) is 0. The third-order valence-electron chi connectivity index (χ3n) is 2.49. The second-order valence-electron chi connectivity index (χ2n) is 3.85. The second-order valence-corrected chi connectivity index (χ2v) is 4.77. The highest BCUT2D eigenvalue weighted by molar-refractivity contribution is 8.14. The molecule has 100 valence electrons. The van der Waals surface area contributed by atoms with Crippen LogP contribution in [-0.4, -0.2) is 40.9 Å². The number of rotatable bonds is 4. The number of nitrogens with zero attached hydrogens (tertiary/aromatic N) is 1. The van der Waals surface area contributed by atoms with Crippen LogP contribution in [0.5, 0.6) is 0 Å². The van der Waals surface area contributed by atoms with E-state index in [9.17, 15) is 14.4 Å². The SMILES string of the molecule is O=C(NCCN1C(=O)CSC1=O)Nc1ccccc1. The van der Waals surface area contributed by atoms with Gasteiger partial charge in [0, 0.05) is 18.8 Å². The van der Waals surface area contributed by atoms with Crippen molar-refractivity contribution in [1.29, 1.82) is 0 Å². The Balaban J connectivity index is 1.72. The molecule has 0 aliphatic carbocycles. The molecule has 1 aromatic rings. The highest BCUT2D eigenvalue weighted by atomic mass is 32.2. The Morgan fingerprint density at radius 3 is 2.63 bits per heavy atom. The minimum atomic E-state index is -0.363. The van der Waals surface area contributed by atoms with Crippen molar-refractivity contribution in [2.45, 2.75) is 0 Å². The number of benzene rings is 1. The van der Waals surface area contributed by atoms with E-state index in [1.807, 2.05) is 18.2 Å². The summed E-state index contributed by atoms with van der Waals surface area (Å²) in [5.74, 6) is -0.0186. The van der Waals surface area contributed by atoms with Gasteiger partial charge >= 0.3 is 6.03 Å². The first kappa shape index (κ1) is 13.4. The van der Waals surface area contributed by atoms with Gasteiger partial charge in [0.25, 0.3) is 5.24 Å². The quantitative estimate of drug-likeness (QED) is 0.875. The first-order valence-corrected chi connectivity index (χ1v) is 6.72. The van der Waals surface area contributed by atoms with Crippen molar-refractivity contribution in [3.63, 3.8) is 0 Å². The summed E-state index contributed by atoms with van der Waals surface area (Å²) >= 11 is 0.984. The van der Waals surface area contributed by atoms with Gasteiger partial charge in [0.05, 0.1) is 5.75 Å². The number of imide groups is 1. The summed E-state index contributed by atoms with van der Waals surface area (Å²) in [5, 5.41) is 4.99. The summed E-state index contributed by atoms with van der Waals surface area (Å²) in [5.41, 5.74) is 0.684. The molecular weight excluding hydrogens is 266 g/mol. The summed E-state index contributed by atoms with van der Waals surface area (Å²) in [4.78, 5) is 35.3. The Kier molecular flexibility index (Phi) is 4.40. The molecule has 6 nitrogen and oxygen atoms in total. The van der Waals surface area contributed by atoms with E-state index in [4.69, 9.17) is 0 Å². The number of nitrogens with one attached hydrogen (secondary N) is 2. The molecule has 0 radical (unpaired) electrons. The Morgan fingerprint density at radius 2 is 2.00 bits per heavy atom. The van der Waals surface area contributed by atoms with Gasteiger partial charge in [-0.2, -0.15) is 0 Å². The van der Waals surface area contributed by atoms with Crippen LogP contribution in [0.2, 0.25) is 0 Å². The molecule has 0 atom stereocenters. The Bertz CT molecular complexity index is 476. The van der Waals surface area contributed by atoms with Crippen LogP contribution in [0.4, 0.5) is 15.3 Å². The van der Waals surface area contributed by atoms with E-state index in [0.717, 1.165) is 16.7 Å². The van der Waals surface area contributed by atoms with Gasteiger partial charge in [-0.1, -0.05) is 30.0 Å². The van der Waals surface area contributed by atoms with Gasteiger partial charge in [-0.15, -0.1) is 0 Å². The fourth-order valence-corrected chi connectivity index (χ4v) is 2.33. The van der Waals surface area contributed by atoms with E-state index in [1.165, 1.54) is 0 Å². The summed E-state index contributed by atoms with van der Waals surface area (Å²) in [6.45, 7) is 0.434. The number of hydrogen-bond acceptors (Lipinski definition) is 4. The number of carbonyl (C=O) groups excluding carboxylic acids is 3. The fraction of sp³-hybridized carbons (Fsp3) is 0.250. The maximum atomic E-state index is 11.5. The molecule has 1 aliphatic rings. The smallest absolute Gasteiger partial charge is 0.319 e. The largest absolute Gasteiger partial charge is 0.336 e. The zero-order chi connectivity index (χ0) is 13.7. The number of para-hydroxylation sites is 1. The van der Waals surface area contributed by atoms with Gasteiger partial charge in [0.1, 0.15) is 0 Å². The van der Waals surface area contributed by atoms with E-state index >= 15 is 0 Å². The van der Waals surface area contributed by atoms with E-state index in [0.29, 0.717) is 5.69 Å². The normalized spacial score (nSPS) is 14.6. The fourth-order valence-electron chi connectivity index (χ4n) is 1.58. The molecule has 0 bridgehead atoms. The van der Waals surface area contributed by atoms with Crippen molar-refractivity contribution in [3.8, 4) is 0 Å². The molecule has 19 heavy (non-hydrogen) atoms. The monoisotopic (exact) mass is 279 g/mol. The van der Waals surface area contributed by atoms with Crippen LogP contribution in [0.3, 0.4) is 0 Å². The molecule has 1 heterocycles. The number of thioether (sulfide) groups is 1. The van der Waals surface area contributed by atoms with Gasteiger partial charge in [-0.25, -0.2) is 4.79 Å². The lowest BCUT2D eigenvalue weighted by molar-refractivity contribution is -0.124. The summed E-state index contributed by atoms with van der Waals surface area (Å²) < 4.78 is 0. The third-order valence-corrected chi connectivity index (χ3v) is 3.35. The lowest BCUT2D eigenvalue weighted by Gasteiger charge is -2.13. The standard InChI is InChI=1S/C12H13N3O3S/c16-10-8-19-12(18)15(10)7-6-13-11(17)14-9-4-2-1-3-5-9/h1-5H,6-8H2,(H2,13,14,17). The molecule has 1 aromatic carbocycles. The number of anilines is 1. The lowest BCUT2D eigenvalue weighted by atomic mass is 10.3. The zero-order valence-corrected chi connectivity index (χ0v) is 10.9. The molecule has 1 saturated heterocycles. The van der Waals surface area contributed by atoms with Gasteiger partial charge in [-0.05, 0) is 12.1 Å². The van der Waals surface area contributed by atoms with Crippen LogP contribution in [0, 0.1) is 0 Å². The van der Waals surface area contributed by atoms with Crippen LogP contribution in [0.25, 0.3) is 0 Å². The van der Waals surface area contributed by atoms with Gasteiger partial charge in [0.2, 0.25) is 5.91 Å². The average molecular weight is 279 g/mol. The number of hydrogen-bond donors (Lipinski definition) is 2. The van der Waals surface area contributed by atoms with Crippen molar-refractivity contribution in [1.82, 2.24) is 10.2 Å². The number of amides is 4. The summed E-state index contributed by atoms with van der Waals surface area (Å²) in [7, 11) is 0. The number of carbonyl (C=O) groups is 3. The molecule has 1 aliphatic heterocycles. The molecule has 0 saturated carbocycles. The van der Waals surface area contributed by atoms with E-state index in [2.05, 4.69) is 10.6 Å². The topological polar surface area (TPSA) is 78.5 Å². The van der Waals surface area contributed by atoms with Crippen molar-refractivity contribution in [2.24, 2.45) is 0 Å². The van der Waals surface area contributed by atoms with Crippen LogP contribution in [-0.2, 0) is 4.79 Å². The lowest BCUT2D eigenvalue weighted by Crippen LogP contribution is -2.38. The third kappa shape index (κ3) is 3.72. The minimum absolute atomic E-state index is 0.190. The maximum absolute atomic E-state index is 11.5. The molecule has 2 N–H and O–H groups in total. The molecule has 0 spiro atoms. The van der Waals surface area contributed by atoms with Crippen molar-refractivity contribution in [3.05, 3.63) is 30.3 Å². The van der Waals surface area contributed by atoms with Crippen LogP contribution < -0.4 is 10.6 Å². The first-order chi connectivity index (χ1) is 9.16. The van der Waals surface area contributed by atoms with E-state index in [-0.39, 0.29) is 36.0 Å². The highest BCUT2D eigenvalue weighted by Gasteiger charge is 2.29. The molecule has 4 amide bonds. The van der Waals surface area contributed by atoms with Crippen molar-refractivity contribution >= 4 is 34.6 Å². The van der Waals surface area contributed by atoms with E-state index < -0.39 is 0 Å². The highest BCUT2D eigenvalue weighted by Crippen LogP contribution is 2.17. The first-order valence-electron chi connectivity index (χ1n) is 5.74. The van der Waals surface area contributed by atoms with Crippen LogP contribution >= 0.6 is 11.8 Å².